The van der Waals surface area contributed by atoms with Crippen LogP contribution < -0.4 is 5.32 Å². The Kier molecular flexibility index (Phi) is 4.79. The summed E-state index contributed by atoms with van der Waals surface area (Å²) >= 11 is 0. The van der Waals surface area contributed by atoms with E-state index < -0.39 is 17.6 Å². The van der Waals surface area contributed by atoms with Crippen molar-refractivity contribution in [2.45, 2.75) is 19.0 Å². The first-order valence-corrected chi connectivity index (χ1v) is 7.91. The minimum atomic E-state index is -4.48. The fourth-order valence-electron chi connectivity index (χ4n) is 2.64. The quantitative estimate of drug-likeness (QED) is 0.732. The third-order valence-corrected chi connectivity index (χ3v) is 3.91. The molecule has 0 spiro atoms. The number of nitrogens with one attached hydrogen (secondary N) is 1. The van der Waals surface area contributed by atoms with E-state index in [4.69, 9.17) is 0 Å². The molecule has 26 heavy (non-hydrogen) atoms. The van der Waals surface area contributed by atoms with Crippen LogP contribution in [0.25, 0.3) is 10.9 Å². The van der Waals surface area contributed by atoms with Gasteiger partial charge in [0.2, 0.25) is 11.8 Å². The van der Waals surface area contributed by atoms with E-state index in [-0.39, 0.29) is 24.4 Å². The molecular formula is C19H15F3N2O2. The molecule has 1 aromatic heterocycles. The molecule has 1 heterocycles. The van der Waals surface area contributed by atoms with Crippen LogP contribution in [0, 0.1) is 0 Å². The molecule has 3 rings (SSSR count). The van der Waals surface area contributed by atoms with Crippen molar-refractivity contribution in [1.29, 1.82) is 0 Å². The van der Waals surface area contributed by atoms with E-state index >= 15 is 0 Å². The standard InChI is InChI=1S/C19H15F3N2O2/c20-19(21,22)14-5-3-6-15(12-14)23-17(25)8-9-18(26)24-11-10-13-4-1-2-7-16(13)24/h1-7,10-12H,8-9H2,(H,23,25). The Hall–Kier alpha value is -3.09. The number of aromatic nitrogens is 1. The molecule has 0 fully saturated rings. The summed E-state index contributed by atoms with van der Waals surface area (Å²) in [5.74, 6) is -0.778. The molecule has 0 bridgehead atoms. The number of para-hydroxylation sites is 1. The van der Waals surface area contributed by atoms with Crippen molar-refractivity contribution in [3.63, 3.8) is 0 Å². The summed E-state index contributed by atoms with van der Waals surface area (Å²) in [6.07, 6.45) is -3.02. The van der Waals surface area contributed by atoms with Gasteiger partial charge < -0.3 is 5.32 Å². The highest BCUT2D eigenvalue weighted by molar-refractivity contribution is 5.96. The molecule has 0 radical (unpaired) electrons. The third-order valence-electron chi connectivity index (χ3n) is 3.91. The number of carbonyl (C=O) groups excluding carboxylic acids is 2. The van der Waals surface area contributed by atoms with Gasteiger partial charge in [-0.25, -0.2) is 0 Å². The van der Waals surface area contributed by atoms with Gasteiger partial charge in [-0.3, -0.25) is 14.2 Å². The van der Waals surface area contributed by atoms with Crippen LogP contribution in [0.15, 0.2) is 60.8 Å². The number of hydrogen-bond acceptors (Lipinski definition) is 2. The highest BCUT2D eigenvalue weighted by Crippen LogP contribution is 2.30. The van der Waals surface area contributed by atoms with E-state index in [2.05, 4.69) is 5.32 Å². The van der Waals surface area contributed by atoms with Crippen molar-refractivity contribution in [3.05, 3.63) is 66.4 Å². The maximum absolute atomic E-state index is 12.7. The molecule has 0 saturated carbocycles. The molecule has 0 unspecified atom stereocenters. The van der Waals surface area contributed by atoms with E-state index in [1.807, 2.05) is 18.2 Å². The number of fused-ring (bicyclic) bond motifs is 1. The van der Waals surface area contributed by atoms with Crippen molar-refractivity contribution < 1.29 is 22.8 Å². The Morgan fingerprint density at radius 2 is 1.73 bits per heavy atom. The highest BCUT2D eigenvalue weighted by Gasteiger charge is 2.30. The van der Waals surface area contributed by atoms with Crippen LogP contribution in [0.1, 0.15) is 23.2 Å². The number of rotatable bonds is 4. The zero-order valence-electron chi connectivity index (χ0n) is 13.6. The number of alkyl halides is 3. The van der Waals surface area contributed by atoms with Gasteiger partial charge in [-0.15, -0.1) is 0 Å². The fourth-order valence-corrected chi connectivity index (χ4v) is 2.64. The molecule has 0 saturated heterocycles. The number of anilines is 1. The molecule has 3 aromatic rings. The Morgan fingerprint density at radius 1 is 0.962 bits per heavy atom. The average Bonchev–Trinajstić information content (AvgIpc) is 3.03. The van der Waals surface area contributed by atoms with E-state index in [0.717, 1.165) is 23.0 Å². The van der Waals surface area contributed by atoms with E-state index in [1.54, 1.807) is 18.3 Å². The second-order valence-electron chi connectivity index (χ2n) is 5.77. The normalized spacial score (nSPS) is 11.5. The van der Waals surface area contributed by atoms with Gasteiger partial charge in [0.05, 0.1) is 11.1 Å². The number of amides is 1. The monoisotopic (exact) mass is 360 g/mol. The molecule has 1 N–H and O–H groups in total. The second-order valence-corrected chi connectivity index (χ2v) is 5.77. The van der Waals surface area contributed by atoms with E-state index in [1.165, 1.54) is 16.7 Å². The Balaban J connectivity index is 1.61. The number of hydrogen-bond donors (Lipinski definition) is 1. The minimum Gasteiger partial charge on any atom is -0.326 e. The summed E-state index contributed by atoms with van der Waals surface area (Å²) in [7, 11) is 0. The van der Waals surface area contributed by atoms with Gasteiger partial charge in [0, 0.05) is 30.1 Å². The lowest BCUT2D eigenvalue weighted by Crippen LogP contribution is -2.16. The van der Waals surface area contributed by atoms with Gasteiger partial charge in [0.15, 0.2) is 0 Å². The average molecular weight is 360 g/mol. The summed E-state index contributed by atoms with van der Waals surface area (Å²) in [5, 5.41) is 3.30. The Bertz CT molecular complexity index is 961. The SMILES string of the molecule is O=C(CCC(=O)n1ccc2ccccc21)Nc1cccc(C(F)(F)F)c1. The summed E-state index contributed by atoms with van der Waals surface area (Å²) < 4.78 is 39.5. The first kappa shape index (κ1) is 17.7. The lowest BCUT2D eigenvalue weighted by molar-refractivity contribution is -0.137. The number of benzene rings is 2. The van der Waals surface area contributed by atoms with Crippen molar-refractivity contribution in [2.75, 3.05) is 5.32 Å². The predicted molar refractivity (Wildman–Crippen MR) is 91.9 cm³/mol. The molecule has 4 nitrogen and oxygen atoms in total. The van der Waals surface area contributed by atoms with Crippen LogP contribution in [-0.2, 0) is 11.0 Å². The van der Waals surface area contributed by atoms with Gasteiger partial charge in [-0.2, -0.15) is 13.2 Å². The lowest BCUT2D eigenvalue weighted by atomic mass is 10.2. The van der Waals surface area contributed by atoms with Crippen molar-refractivity contribution in [1.82, 2.24) is 4.57 Å². The maximum Gasteiger partial charge on any atom is 0.416 e. The molecule has 7 heteroatoms. The lowest BCUT2D eigenvalue weighted by Gasteiger charge is -2.10. The molecule has 0 atom stereocenters. The van der Waals surface area contributed by atoms with Gasteiger partial charge in [-0.05, 0) is 30.3 Å². The second kappa shape index (κ2) is 7.03. The Morgan fingerprint density at radius 3 is 2.50 bits per heavy atom. The molecule has 0 aliphatic rings. The molecular weight excluding hydrogens is 345 g/mol. The van der Waals surface area contributed by atoms with Crippen LogP contribution in [0.5, 0.6) is 0 Å². The van der Waals surface area contributed by atoms with Crippen LogP contribution in [-0.4, -0.2) is 16.4 Å². The molecule has 2 aromatic carbocycles. The van der Waals surface area contributed by atoms with Crippen LogP contribution in [0.3, 0.4) is 0 Å². The van der Waals surface area contributed by atoms with E-state index in [0.29, 0.717) is 0 Å². The van der Waals surface area contributed by atoms with Gasteiger partial charge in [0.1, 0.15) is 0 Å². The minimum absolute atomic E-state index is 0.0451. The molecule has 1 amide bonds. The zero-order valence-corrected chi connectivity index (χ0v) is 13.6. The maximum atomic E-state index is 12.7. The number of carbonyl (C=O) groups is 2. The highest BCUT2D eigenvalue weighted by atomic mass is 19.4. The van der Waals surface area contributed by atoms with E-state index in [9.17, 15) is 22.8 Å². The molecule has 0 aliphatic carbocycles. The first-order chi connectivity index (χ1) is 12.3. The summed E-state index contributed by atoms with van der Waals surface area (Å²) in [4.78, 5) is 24.3. The summed E-state index contributed by atoms with van der Waals surface area (Å²) in [5.41, 5.74) is -0.0512. The zero-order chi connectivity index (χ0) is 18.7. The van der Waals surface area contributed by atoms with Crippen molar-refractivity contribution in [2.24, 2.45) is 0 Å². The van der Waals surface area contributed by atoms with Crippen LogP contribution in [0.2, 0.25) is 0 Å². The smallest absolute Gasteiger partial charge is 0.326 e. The Labute approximate surface area is 147 Å². The predicted octanol–water partition coefficient (Wildman–Crippen LogP) is 4.72. The van der Waals surface area contributed by atoms with Crippen LogP contribution in [0.4, 0.5) is 18.9 Å². The largest absolute Gasteiger partial charge is 0.416 e. The fraction of sp³-hybridized carbons (Fsp3) is 0.158. The summed E-state index contributed by atoms with van der Waals surface area (Å²) in [6.45, 7) is 0. The van der Waals surface area contributed by atoms with Gasteiger partial charge in [0.25, 0.3) is 0 Å². The van der Waals surface area contributed by atoms with Gasteiger partial charge in [-0.1, -0.05) is 24.3 Å². The molecule has 0 aliphatic heterocycles. The van der Waals surface area contributed by atoms with Crippen LogP contribution >= 0.6 is 0 Å². The topological polar surface area (TPSA) is 51.1 Å². The molecule has 134 valence electrons. The van der Waals surface area contributed by atoms with Crippen molar-refractivity contribution >= 4 is 28.4 Å². The number of halogens is 3. The van der Waals surface area contributed by atoms with Gasteiger partial charge >= 0.3 is 6.18 Å². The number of nitrogens with zero attached hydrogens (tertiary/aromatic N) is 1. The first-order valence-electron chi connectivity index (χ1n) is 7.91. The van der Waals surface area contributed by atoms with Crippen molar-refractivity contribution in [3.8, 4) is 0 Å². The third kappa shape index (κ3) is 3.93. The summed E-state index contributed by atoms with van der Waals surface area (Å²) in [6, 6.07) is 13.5.